The third-order valence-corrected chi connectivity index (χ3v) is 2.40. The highest BCUT2D eigenvalue weighted by atomic mass is 16.6. The molecule has 1 aliphatic carbocycles. The van der Waals surface area contributed by atoms with Crippen LogP contribution in [0.1, 0.15) is 40.5 Å². The molecule has 4 heteroatoms. The zero-order valence-electron chi connectivity index (χ0n) is 10.8. The number of ether oxygens (including phenoxy) is 1. The van der Waals surface area contributed by atoms with Crippen molar-refractivity contribution in [3.63, 3.8) is 0 Å². The molecule has 0 bridgehead atoms. The molecule has 0 heterocycles. The Morgan fingerprint density at radius 1 is 1.44 bits per heavy atom. The van der Waals surface area contributed by atoms with E-state index in [1.165, 1.54) is 12.8 Å². The highest BCUT2D eigenvalue weighted by molar-refractivity contribution is 5.67. The first-order chi connectivity index (χ1) is 7.37. The van der Waals surface area contributed by atoms with Crippen molar-refractivity contribution in [2.45, 2.75) is 52.2 Å². The molecule has 1 fully saturated rings. The number of hydrogen-bond donors (Lipinski definition) is 2. The van der Waals surface area contributed by atoms with Gasteiger partial charge in [0.1, 0.15) is 5.60 Å². The number of nitrogens with one attached hydrogen (secondary N) is 2. The second-order valence-corrected chi connectivity index (χ2v) is 5.64. The molecule has 1 saturated carbocycles. The number of alkyl carbamates (subject to hydrolysis) is 1. The molecule has 0 spiro atoms. The van der Waals surface area contributed by atoms with E-state index in [0.717, 1.165) is 12.5 Å². The first-order valence-electron chi connectivity index (χ1n) is 6.07. The highest BCUT2D eigenvalue weighted by Crippen LogP contribution is 2.27. The maximum atomic E-state index is 11.4. The summed E-state index contributed by atoms with van der Waals surface area (Å²) in [6.07, 6.45) is 2.35. The maximum absolute atomic E-state index is 11.4. The van der Waals surface area contributed by atoms with Crippen LogP contribution in [-0.2, 0) is 4.74 Å². The van der Waals surface area contributed by atoms with Crippen LogP contribution in [0.2, 0.25) is 0 Å². The Morgan fingerprint density at radius 3 is 2.56 bits per heavy atom. The topological polar surface area (TPSA) is 50.4 Å². The maximum Gasteiger partial charge on any atom is 0.407 e. The van der Waals surface area contributed by atoms with Crippen LogP contribution in [-0.4, -0.2) is 30.8 Å². The van der Waals surface area contributed by atoms with Crippen molar-refractivity contribution in [1.29, 1.82) is 0 Å². The fraction of sp³-hybridized carbons (Fsp3) is 0.917. The van der Waals surface area contributed by atoms with Gasteiger partial charge in [-0.2, -0.15) is 0 Å². The quantitative estimate of drug-likeness (QED) is 0.755. The predicted molar refractivity (Wildman–Crippen MR) is 64.4 cm³/mol. The minimum Gasteiger partial charge on any atom is -0.444 e. The molecule has 1 aliphatic rings. The van der Waals surface area contributed by atoms with Crippen LogP contribution in [0.4, 0.5) is 4.79 Å². The number of rotatable bonds is 5. The number of hydrogen-bond acceptors (Lipinski definition) is 3. The molecule has 2 N–H and O–H groups in total. The zero-order valence-corrected chi connectivity index (χ0v) is 10.8. The van der Waals surface area contributed by atoms with Crippen molar-refractivity contribution in [1.82, 2.24) is 10.6 Å². The normalized spacial score (nSPS) is 18.0. The Morgan fingerprint density at radius 2 is 2.06 bits per heavy atom. The van der Waals surface area contributed by atoms with E-state index in [1.54, 1.807) is 0 Å². The van der Waals surface area contributed by atoms with Crippen LogP contribution < -0.4 is 10.6 Å². The van der Waals surface area contributed by atoms with Crippen molar-refractivity contribution < 1.29 is 9.53 Å². The molecule has 0 radical (unpaired) electrons. The Labute approximate surface area is 98.1 Å². The first kappa shape index (κ1) is 13.3. The lowest BCUT2D eigenvalue weighted by Gasteiger charge is -2.21. The van der Waals surface area contributed by atoms with Gasteiger partial charge >= 0.3 is 6.09 Å². The van der Waals surface area contributed by atoms with Gasteiger partial charge in [-0.3, -0.25) is 0 Å². The summed E-state index contributed by atoms with van der Waals surface area (Å²) < 4.78 is 5.15. The third-order valence-electron chi connectivity index (χ3n) is 2.40. The smallest absolute Gasteiger partial charge is 0.407 e. The van der Waals surface area contributed by atoms with E-state index in [1.807, 2.05) is 20.8 Å². The van der Waals surface area contributed by atoms with Crippen LogP contribution in [0, 0.1) is 5.92 Å². The zero-order chi connectivity index (χ0) is 12.2. The van der Waals surface area contributed by atoms with Crippen LogP contribution >= 0.6 is 0 Å². The van der Waals surface area contributed by atoms with Crippen molar-refractivity contribution in [2.75, 3.05) is 13.1 Å². The Hall–Kier alpha value is -0.770. The lowest BCUT2D eigenvalue weighted by molar-refractivity contribution is 0.0523. The molecule has 0 aromatic carbocycles. The molecule has 1 amide bonds. The van der Waals surface area contributed by atoms with Crippen molar-refractivity contribution in [2.24, 2.45) is 5.92 Å². The van der Waals surface area contributed by atoms with Gasteiger partial charge < -0.3 is 15.4 Å². The second-order valence-electron chi connectivity index (χ2n) is 5.64. The van der Waals surface area contributed by atoms with Gasteiger partial charge in [0, 0.05) is 12.6 Å². The summed E-state index contributed by atoms with van der Waals surface area (Å²) >= 11 is 0. The van der Waals surface area contributed by atoms with Gasteiger partial charge in [0.15, 0.2) is 0 Å². The van der Waals surface area contributed by atoms with Gasteiger partial charge in [0.2, 0.25) is 0 Å². The molecule has 94 valence electrons. The SMILES string of the molecule is CC(CNC(=O)OC(C)(C)C)NCC1CC1. The minimum atomic E-state index is -0.422. The summed E-state index contributed by atoms with van der Waals surface area (Å²) in [4.78, 5) is 11.4. The van der Waals surface area contributed by atoms with Crippen molar-refractivity contribution >= 4 is 6.09 Å². The van der Waals surface area contributed by atoms with Gasteiger partial charge in [-0.1, -0.05) is 0 Å². The van der Waals surface area contributed by atoms with Gasteiger partial charge in [0.05, 0.1) is 0 Å². The molecular weight excluding hydrogens is 204 g/mol. The summed E-state index contributed by atoms with van der Waals surface area (Å²) in [5, 5.41) is 6.15. The standard InChI is InChI=1S/C12H24N2O2/c1-9(13-8-10-5-6-10)7-14-11(15)16-12(2,3)4/h9-10,13H,5-8H2,1-4H3,(H,14,15). The molecule has 0 aromatic rings. The average molecular weight is 228 g/mol. The first-order valence-corrected chi connectivity index (χ1v) is 6.07. The van der Waals surface area contributed by atoms with Gasteiger partial charge in [-0.15, -0.1) is 0 Å². The molecule has 0 aromatic heterocycles. The molecule has 16 heavy (non-hydrogen) atoms. The van der Waals surface area contributed by atoms with Gasteiger partial charge in [-0.25, -0.2) is 4.79 Å². The summed E-state index contributed by atoms with van der Waals surface area (Å²) in [7, 11) is 0. The second kappa shape index (κ2) is 5.53. The van der Waals surface area contributed by atoms with E-state index in [0.29, 0.717) is 12.6 Å². The third kappa shape index (κ3) is 6.67. The molecule has 0 aliphatic heterocycles. The Bertz CT molecular complexity index is 232. The summed E-state index contributed by atoms with van der Waals surface area (Å²) in [5.74, 6) is 0.865. The summed E-state index contributed by atoms with van der Waals surface area (Å²) in [6, 6.07) is 0.299. The molecular formula is C12H24N2O2. The molecule has 4 nitrogen and oxygen atoms in total. The van der Waals surface area contributed by atoms with E-state index in [-0.39, 0.29) is 6.09 Å². The van der Waals surface area contributed by atoms with Crippen molar-refractivity contribution in [3.8, 4) is 0 Å². The van der Waals surface area contributed by atoms with E-state index < -0.39 is 5.60 Å². The van der Waals surface area contributed by atoms with E-state index in [4.69, 9.17) is 4.74 Å². The van der Waals surface area contributed by atoms with E-state index >= 15 is 0 Å². The Balaban J connectivity index is 2.05. The number of amides is 1. The van der Waals surface area contributed by atoms with Crippen LogP contribution in [0.3, 0.4) is 0 Å². The highest BCUT2D eigenvalue weighted by Gasteiger charge is 2.21. The average Bonchev–Trinajstić information content (AvgIpc) is 2.92. The largest absolute Gasteiger partial charge is 0.444 e. The minimum absolute atomic E-state index is 0.299. The predicted octanol–water partition coefficient (Wildman–Crippen LogP) is 1.90. The van der Waals surface area contributed by atoms with Crippen molar-refractivity contribution in [3.05, 3.63) is 0 Å². The van der Waals surface area contributed by atoms with Gasteiger partial charge in [-0.05, 0) is 53.0 Å². The van der Waals surface area contributed by atoms with Crippen LogP contribution in [0.15, 0.2) is 0 Å². The van der Waals surface area contributed by atoms with E-state index in [9.17, 15) is 4.79 Å². The summed E-state index contributed by atoms with van der Waals surface area (Å²) in [6.45, 7) is 9.34. The fourth-order valence-corrected chi connectivity index (χ4v) is 1.31. The van der Waals surface area contributed by atoms with Gasteiger partial charge in [0.25, 0.3) is 0 Å². The Kier molecular flexibility index (Phi) is 4.59. The monoisotopic (exact) mass is 228 g/mol. The molecule has 0 saturated heterocycles. The lowest BCUT2D eigenvalue weighted by Crippen LogP contribution is -2.41. The molecule has 1 rings (SSSR count). The number of carbonyl (C=O) groups excluding carboxylic acids is 1. The van der Waals surface area contributed by atoms with Crippen LogP contribution in [0.25, 0.3) is 0 Å². The molecule has 1 atom stereocenters. The lowest BCUT2D eigenvalue weighted by atomic mass is 10.2. The van der Waals surface area contributed by atoms with Crippen LogP contribution in [0.5, 0.6) is 0 Å². The molecule has 1 unspecified atom stereocenters. The summed E-state index contributed by atoms with van der Waals surface area (Å²) in [5.41, 5.74) is -0.422. The fourth-order valence-electron chi connectivity index (χ4n) is 1.31. The number of carbonyl (C=O) groups is 1. The van der Waals surface area contributed by atoms with E-state index in [2.05, 4.69) is 17.6 Å².